The van der Waals surface area contributed by atoms with Crippen LogP contribution < -0.4 is 4.74 Å². The predicted molar refractivity (Wildman–Crippen MR) is 83.7 cm³/mol. The molecule has 0 amide bonds. The van der Waals surface area contributed by atoms with Crippen LogP contribution in [0.2, 0.25) is 0 Å². The van der Waals surface area contributed by atoms with Crippen LogP contribution in [0.5, 0.6) is 5.75 Å². The normalized spacial score (nSPS) is 18.6. The highest BCUT2D eigenvalue weighted by Gasteiger charge is 2.36. The molecule has 0 saturated heterocycles. The van der Waals surface area contributed by atoms with Crippen molar-refractivity contribution in [2.24, 2.45) is 5.41 Å². The highest BCUT2D eigenvalue weighted by molar-refractivity contribution is 14.2. The number of hydrogen-bond donors (Lipinski definition) is 0. The Morgan fingerprint density at radius 1 is 1.11 bits per heavy atom. The van der Waals surface area contributed by atoms with E-state index in [2.05, 4.69) is 0 Å². The molecule has 1 aromatic carbocycles. The maximum Gasteiger partial charge on any atom is 0.172 e. The van der Waals surface area contributed by atoms with Crippen LogP contribution in [0.15, 0.2) is 24.3 Å². The summed E-state index contributed by atoms with van der Waals surface area (Å²) in [4.78, 5) is 24.3. The molecule has 1 aliphatic carbocycles. The third-order valence-corrected chi connectivity index (χ3v) is 6.24. The standard InChI is InChI=1S/C15H17IO3/c1-15(2)8-11(17)14(12(18)9-15)16-10-6-4-5-7-13(10)19-3/h4-7H,8-9H2,1-3H3. The largest absolute Gasteiger partial charge is 0.496 e. The average Bonchev–Trinajstić information content (AvgIpc) is 2.33. The Kier molecular flexibility index (Phi) is 4.18. The van der Waals surface area contributed by atoms with Crippen LogP contribution in [-0.2, 0) is 9.59 Å². The minimum Gasteiger partial charge on any atom is -0.496 e. The van der Waals surface area contributed by atoms with Crippen LogP contribution in [0.25, 0.3) is 0 Å². The fourth-order valence-corrected chi connectivity index (χ4v) is 4.76. The van der Waals surface area contributed by atoms with E-state index in [1.165, 1.54) is 0 Å². The van der Waals surface area contributed by atoms with Crippen LogP contribution in [-0.4, -0.2) is 22.2 Å². The summed E-state index contributed by atoms with van der Waals surface area (Å²) in [7, 11) is 1.61. The lowest BCUT2D eigenvalue weighted by Gasteiger charge is -2.28. The van der Waals surface area contributed by atoms with Crippen molar-refractivity contribution in [3.63, 3.8) is 0 Å². The van der Waals surface area contributed by atoms with Gasteiger partial charge in [0.15, 0.2) is 11.6 Å². The maximum atomic E-state index is 12.2. The molecular weight excluding hydrogens is 355 g/mol. The fraction of sp³-hybridized carbons (Fsp3) is 0.400. The van der Waals surface area contributed by atoms with Gasteiger partial charge in [-0.2, -0.15) is 0 Å². The Balaban J connectivity index is 2.38. The number of methoxy groups -OCH3 is 1. The van der Waals surface area contributed by atoms with Gasteiger partial charge in [-0.3, -0.25) is 9.59 Å². The molecular formula is C15H17IO3. The number of ketones is 2. The molecule has 0 aromatic heterocycles. The summed E-state index contributed by atoms with van der Waals surface area (Å²) in [6, 6.07) is 7.63. The van der Waals surface area contributed by atoms with Gasteiger partial charge in [0.25, 0.3) is 0 Å². The van der Waals surface area contributed by atoms with Crippen molar-refractivity contribution in [3.8, 4) is 5.75 Å². The van der Waals surface area contributed by atoms with Gasteiger partial charge < -0.3 is 4.74 Å². The molecule has 19 heavy (non-hydrogen) atoms. The molecule has 4 heteroatoms. The second kappa shape index (κ2) is 5.53. The molecule has 0 N–H and O–H groups in total. The van der Waals surface area contributed by atoms with E-state index >= 15 is 0 Å². The van der Waals surface area contributed by atoms with E-state index in [1.807, 2.05) is 38.1 Å². The number of para-hydroxylation sites is 1. The molecule has 0 aliphatic heterocycles. The minimum atomic E-state index is -0.753. The Morgan fingerprint density at radius 3 is 2.26 bits per heavy atom. The van der Waals surface area contributed by atoms with E-state index in [1.54, 1.807) is 7.11 Å². The Hall–Kier alpha value is -1.04. The van der Waals surface area contributed by atoms with Crippen molar-refractivity contribution in [1.29, 1.82) is 0 Å². The molecule has 0 unspecified atom stereocenters. The first-order valence-corrected chi connectivity index (χ1v) is 8.30. The summed E-state index contributed by atoms with van der Waals surface area (Å²) in [6.45, 7) is 3.95. The Labute approximate surface area is 123 Å². The molecule has 0 bridgehead atoms. The number of benzene rings is 1. The zero-order valence-corrected chi connectivity index (χ0v) is 13.5. The van der Waals surface area contributed by atoms with Gasteiger partial charge in [-0.15, -0.1) is 0 Å². The van der Waals surface area contributed by atoms with Gasteiger partial charge in [-0.1, -0.05) is 46.7 Å². The van der Waals surface area contributed by atoms with E-state index in [0.29, 0.717) is 16.4 Å². The summed E-state index contributed by atoms with van der Waals surface area (Å²) in [6.07, 6.45) is 0.950. The molecule has 1 fully saturated rings. The first-order valence-electron chi connectivity index (χ1n) is 6.14. The van der Waals surface area contributed by atoms with E-state index in [9.17, 15) is 9.59 Å². The zero-order chi connectivity index (χ0) is 14.0. The minimum absolute atomic E-state index is 0.0277. The smallest absolute Gasteiger partial charge is 0.172 e. The molecule has 0 spiro atoms. The van der Waals surface area contributed by atoms with Gasteiger partial charge in [-0.05, 0) is 17.5 Å². The first kappa shape index (κ1) is 14.4. The number of hydrogen-bond acceptors (Lipinski definition) is 3. The molecule has 0 atom stereocenters. The molecule has 2 rings (SSSR count). The van der Waals surface area contributed by atoms with Crippen LogP contribution in [0.1, 0.15) is 26.7 Å². The van der Waals surface area contributed by atoms with Crippen LogP contribution in [0.3, 0.4) is 0 Å². The lowest BCUT2D eigenvalue weighted by atomic mass is 9.76. The highest BCUT2D eigenvalue weighted by atomic mass is 127. The van der Waals surface area contributed by atoms with E-state index in [0.717, 1.165) is 9.32 Å². The van der Waals surface area contributed by atoms with E-state index in [4.69, 9.17) is 4.74 Å². The maximum absolute atomic E-state index is 12.2. The zero-order valence-electron chi connectivity index (χ0n) is 11.3. The lowest BCUT2D eigenvalue weighted by Crippen LogP contribution is -2.36. The summed E-state index contributed by atoms with van der Waals surface area (Å²) in [5.41, 5.74) is -0.192. The van der Waals surface area contributed by atoms with E-state index < -0.39 is 20.7 Å². The number of carbonyl (C=O) groups excluding carboxylic acids is 2. The highest BCUT2D eigenvalue weighted by Crippen LogP contribution is 2.34. The molecule has 1 saturated carbocycles. The molecule has 1 aliphatic rings. The van der Waals surface area contributed by atoms with Gasteiger partial charge in [0.05, 0.1) is 14.2 Å². The van der Waals surface area contributed by atoms with Gasteiger partial charge >= 0.3 is 0 Å². The third kappa shape index (κ3) is 3.29. The lowest BCUT2D eigenvalue weighted by molar-refractivity contribution is -0.122. The number of carbonyl (C=O) groups is 2. The topological polar surface area (TPSA) is 43.4 Å². The Bertz CT molecular complexity index is 536. The van der Waals surface area contributed by atoms with Crippen LogP contribution >= 0.6 is 20.7 Å². The van der Waals surface area contributed by atoms with Crippen molar-refractivity contribution in [2.75, 3.05) is 7.11 Å². The second-order valence-electron chi connectivity index (χ2n) is 5.41. The average molecular weight is 372 g/mol. The van der Waals surface area contributed by atoms with Crippen LogP contribution in [0.4, 0.5) is 0 Å². The molecule has 0 heterocycles. The SMILES string of the molecule is COc1ccccc1I=C1C(=O)CC(C)(C)CC1=O. The van der Waals surface area contributed by atoms with Crippen molar-refractivity contribution in [2.45, 2.75) is 26.7 Å². The number of ether oxygens (including phenoxy) is 1. The Morgan fingerprint density at radius 2 is 1.68 bits per heavy atom. The van der Waals surface area contributed by atoms with Gasteiger partial charge in [0.1, 0.15) is 5.75 Å². The number of Topliss-reactive ketones (excluding diaryl/α,β-unsaturated/α-hetero) is 2. The molecule has 3 nitrogen and oxygen atoms in total. The second-order valence-corrected chi connectivity index (χ2v) is 8.19. The summed E-state index contributed by atoms with van der Waals surface area (Å²) in [5, 5.41) is 0. The van der Waals surface area contributed by atoms with Gasteiger partial charge in [0.2, 0.25) is 0 Å². The molecule has 0 radical (unpaired) electrons. The summed E-state index contributed by atoms with van der Waals surface area (Å²) >= 11 is -0.753. The summed E-state index contributed by atoms with van der Waals surface area (Å²) < 4.78 is 6.82. The third-order valence-electron chi connectivity index (χ3n) is 3.02. The van der Waals surface area contributed by atoms with Crippen molar-refractivity contribution < 1.29 is 14.3 Å². The van der Waals surface area contributed by atoms with Crippen molar-refractivity contribution in [1.82, 2.24) is 0 Å². The van der Waals surface area contributed by atoms with Gasteiger partial charge in [0, 0.05) is 12.8 Å². The van der Waals surface area contributed by atoms with Crippen molar-refractivity contribution in [3.05, 3.63) is 27.8 Å². The van der Waals surface area contributed by atoms with Crippen molar-refractivity contribution >= 4 is 35.8 Å². The molecule has 1 aromatic rings. The van der Waals surface area contributed by atoms with Crippen LogP contribution in [0, 0.1) is 8.99 Å². The van der Waals surface area contributed by atoms with E-state index in [-0.39, 0.29) is 17.0 Å². The first-order chi connectivity index (χ1) is 8.93. The number of rotatable bonds is 2. The predicted octanol–water partition coefficient (Wildman–Crippen LogP) is 2.97. The fourth-order valence-electron chi connectivity index (χ4n) is 2.14. The quantitative estimate of drug-likeness (QED) is 0.750. The number of halogens is 1. The molecule has 102 valence electrons. The van der Waals surface area contributed by atoms with Gasteiger partial charge in [-0.25, -0.2) is 0 Å². The monoisotopic (exact) mass is 372 g/mol. The summed E-state index contributed by atoms with van der Waals surface area (Å²) in [5.74, 6) is 0.827.